The molecule has 4 aromatic rings. The van der Waals surface area contributed by atoms with Gasteiger partial charge in [-0.1, -0.05) is 86.0 Å². The molecule has 180 valence electrons. The van der Waals surface area contributed by atoms with Crippen LogP contribution in [0.1, 0.15) is 64.6 Å². The number of nitrogens with zero attached hydrogens (tertiary/aromatic N) is 3. The van der Waals surface area contributed by atoms with Crippen LogP contribution in [0.2, 0.25) is 0 Å². The Labute approximate surface area is 210 Å². The highest BCUT2D eigenvalue weighted by molar-refractivity contribution is 6.00. The first kappa shape index (κ1) is 22.3. The van der Waals surface area contributed by atoms with E-state index < -0.39 is 12.2 Å². The second kappa shape index (κ2) is 9.46. The number of rotatable bonds is 5. The number of para-hydroxylation sites is 1. The molecule has 2 heterocycles. The van der Waals surface area contributed by atoms with Crippen molar-refractivity contribution in [3.8, 4) is 16.9 Å². The van der Waals surface area contributed by atoms with Crippen molar-refractivity contribution in [2.45, 2.75) is 44.4 Å². The lowest BCUT2D eigenvalue weighted by atomic mass is 9.94. The van der Waals surface area contributed by atoms with Gasteiger partial charge in [0.05, 0.1) is 5.69 Å². The van der Waals surface area contributed by atoms with Crippen LogP contribution in [0.5, 0.6) is 0 Å². The number of benzene rings is 3. The molecule has 1 aromatic heterocycles. The molecular weight excluding hydrogens is 450 g/mol. The Kier molecular flexibility index (Phi) is 5.85. The second-order valence-electron chi connectivity index (χ2n) is 9.39. The number of amides is 1. The molecule has 0 unspecified atom stereocenters. The molecule has 36 heavy (non-hydrogen) atoms. The molecular formula is C30H27N3O3. The van der Waals surface area contributed by atoms with Gasteiger partial charge in [0.15, 0.2) is 0 Å². The lowest BCUT2D eigenvalue weighted by Crippen LogP contribution is -2.41. The van der Waals surface area contributed by atoms with Gasteiger partial charge in [-0.2, -0.15) is 5.10 Å². The van der Waals surface area contributed by atoms with Crippen LogP contribution in [-0.4, -0.2) is 32.6 Å². The van der Waals surface area contributed by atoms with Gasteiger partial charge < -0.3 is 4.74 Å². The monoisotopic (exact) mass is 477 g/mol. The summed E-state index contributed by atoms with van der Waals surface area (Å²) in [6.45, 7) is 0. The molecule has 1 aliphatic heterocycles. The van der Waals surface area contributed by atoms with Gasteiger partial charge in [0, 0.05) is 28.9 Å². The van der Waals surface area contributed by atoms with Gasteiger partial charge in [-0.25, -0.2) is 9.48 Å². The normalized spacial score (nSPS) is 17.7. The molecule has 6 rings (SSSR count). The van der Waals surface area contributed by atoms with E-state index in [1.54, 1.807) is 15.8 Å². The third kappa shape index (κ3) is 3.98. The van der Waals surface area contributed by atoms with Crippen LogP contribution in [0.15, 0.2) is 91.1 Å². The van der Waals surface area contributed by atoms with Crippen LogP contribution < -0.4 is 0 Å². The van der Waals surface area contributed by atoms with Crippen LogP contribution in [0.3, 0.4) is 0 Å². The smallest absolute Gasteiger partial charge is 0.344 e. The summed E-state index contributed by atoms with van der Waals surface area (Å²) in [6.07, 6.45) is 6.15. The minimum absolute atomic E-state index is 0.0569. The predicted molar refractivity (Wildman–Crippen MR) is 137 cm³/mol. The van der Waals surface area contributed by atoms with Crippen molar-refractivity contribution in [3.63, 3.8) is 0 Å². The third-order valence-electron chi connectivity index (χ3n) is 7.13. The Hall–Kier alpha value is -4.19. The number of aromatic nitrogens is 2. The van der Waals surface area contributed by atoms with Crippen LogP contribution in [0.4, 0.5) is 0 Å². The summed E-state index contributed by atoms with van der Waals surface area (Å²) in [7, 11) is 0. The van der Waals surface area contributed by atoms with Crippen molar-refractivity contribution in [2.24, 2.45) is 0 Å². The number of esters is 1. The molecule has 1 fully saturated rings. The van der Waals surface area contributed by atoms with Crippen LogP contribution in [0, 0.1) is 0 Å². The standard InChI is InChI=1S/C30H27N3O3/c34-28-24-18-10-11-19-25(24)29(33(28)23-16-8-3-9-17-23)36-30(35)26-20-32(22-14-6-2-7-15-22)31-27(26)21-12-4-1-5-13-21/h1-2,4-7,10-15,18-20,23,29H,3,8-9,16-17H2/t29-/m0/s1. The van der Waals surface area contributed by atoms with E-state index >= 15 is 0 Å². The van der Waals surface area contributed by atoms with Crippen LogP contribution in [0.25, 0.3) is 16.9 Å². The van der Waals surface area contributed by atoms with Gasteiger partial charge in [-0.15, -0.1) is 0 Å². The molecule has 0 radical (unpaired) electrons. The highest BCUT2D eigenvalue weighted by Gasteiger charge is 2.43. The van der Waals surface area contributed by atoms with Crippen molar-refractivity contribution in [2.75, 3.05) is 0 Å². The molecule has 6 heteroatoms. The summed E-state index contributed by atoms with van der Waals surface area (Å²) in [5, 5.41) is 4.75. The van der Waals surface area contributed by atoms with Crippen molar-refractivity contribution in [1.29, 1.82) is 0 Å². The quantitative estimate of drug-likeness (QED) is 0.322. The fourth-order valence-electron chi connectivity index (χ4n) is 5.35. The first-order chi connectivity index (χ1) is 17.7. The van der Waals surface area contributed by atoms with Crippen molar-refractivity contribution in [1.82, 2.24) is 14.7 Å². The largest absolute Gasteiger partial charge is 0.433 e. The average Bonchev–Trinajstić information content (AvgIpc) is 3.51. The Balaban J connectivity index is 1.39. The zero-order valence-electron chi connectivity index (χ0n) is 19.9. The molecule has 1 aliphatic carbocycles. The molecule has 2 aliphatic rings. The highest BCUT2D eigenvalue weighted by atomic mass is 16.6. The van der Waals surface area contributed by atoms with Crippen LogP contribution in [-0.2, 0) is 4.74 Å². The molecule has 0 N–H and O–H groups in total. The number of carbonyl (C=O) groups is 2. The van der Waals surface area contributed by atoms with E-state index in [9.17, 15) is 9.59 Å². The molecule has 1 saturated carbocycles. The Morgan fingerprint density at radius 1 is 0.833 bits per heavy atom. The van der Waals surface area contributed by atoms with Gasteiger partial charge in [-0.05, 0) is 31.0 Å². The first-order valence-electron chi connectivity index (χ1n) is 12.5. The Morgan fingerprint density at radius 2 is 1.50 bits per heavy atom. The summed E-state index contributed by atoms with van der Waals surface area (Å²) in [6, 6.07) is 26.8. The van der Waals surface area contributed by atoms with Crippen molar-refractivity contribution >= 4 is 11.9 Å². The maximum atomic E-state index is 13.8. The highest BCUT2D eigenvalue weighted by Crippen LogP contribution is 2.40. The van der Waals surface area contributed by atoms with Crippen molar-refractivity contribution < 1.29 is 14.3 Å². The van der Waals surface area contributed by atoms with Crippen molar-refractivity contribution in [3.05, 3.63) is 108 Å². The second-order valence-corrected chi connectivity index (χ2v) is 9.39. The zero-order chi connectivity index (χ0) is 24.5. The van der Waals surface area contributed by atoms with Crippen LogP contribution >= 0.6 is 0 Å². The number of hydrogen-bond acceptors (Lipinski definition) is 4. The van der Waals surface area contributed by atoms with E-state index in [4.69, 9.17) is 9.84 Å². The summed E-state index contributed by atoms with van der Waals surface area (Å²) in [4.78, 5) is 29.0. The van der Waals surface area contributed by atoms with E-state index in [1.807, 2.05) is 84.9 Å². The molecule has 0 bridgehead atoms. The summed E-state index contributed by atoms with van der Waals surface area (Å²) < 4.78 is 7.88. The maximum Gasteiger partial charge on any atom is 0.344 e. The summed E-state index contributed by atoms with van der Waals surface area (Å²) >= 11 is 0. The lowest BCUT2D eigenvalue weighted by Gasteiger charge is -2.35. The average molecular weight is 478 g/mol. The Bertz CT molecular complexity index is 1390. The van der Waals surface area contributed by atoms with E-state index in [1.165, 1.54) is 6.42 Å². The first-order valence-corrected chi connectivity index (χ1v) is 12.5. The molecule has 0 spiro atoms. The summed E-state index contributed by atoms with van der Waals surface area (Å²) in [5.41, 5.74) is 3.95. The fraction of sp³-hybridized carbons (Fsp3) is 0.233. The zero-order valence-corrected chi connectivity index (χ0v) is 19.9. The summed E-state index contributed by atoms with van der Waals surface area (Å²) in [5.74, 6) is -0.551. The minimum Gasteiger partial charge on any atom is -0.433 e. The fourth-order valence-corrected chi connectivity index (χ4v) is 5.35. The van der Waals surface area contributed by atoms with E-state index in [2.05, 4.69) is 0 Å². The number of hydrogen-bond donors (Lipinski definition) is 0. The topological polar surface area (TPSA) is 64.4 Å². The van der Waals surface area contributed by atoms with Gasteiger partial charge in [0.25, 0.3) is 5.91 Å². The minimum atomic E-state index is -0.743. The molecule has 1 amide bonds. The third-order valence-corrected chi connectivity index (χ3v) is 7.13. The number of ether oxygens (including phenoxy) is 1. The van der Waals surface area contributed by atoms with E-state index in [-0.39, 0.29) is 11.9 Å². The van der Waals surface area contributed by atoms with E-state index in [0.717, 1.165) is 42.5 Å². The number of fused-ring (bicyclic) bond motifs is 1. The SMILES string of the molecule is O=C(O[C@H]1c2ccccc2C(=O)N1C1CCCCC1)c1cn(-c2ccccc2)nc1-c1ccccc1. The van der Waals surface area contributed by atoms with Gasteiger partial charge >= 0.3 is 5.97 Å². The maximum absolute atomic E-state index is 13.8. The van der Waals surface area contributed by atoms with Gasteiger partial charge in [-0.3, -0.25) is 9.69 Å². The molecule has 6 nitrogen and oxygen atoms in total. The Morgan fingerprint density at radius 3 is 2.25 bits per heavy atom. The lowest BCUT2D eigenvalue weighted by molar-refractivity contribution is -0.0365. The predicted octanol–water partition coefficient (Wildman–Crippen LogP) is 6.18. The number of carbonyl (C=O) groups excluding carboxylic acids is 2. The van der Waals surface area contributed by atoms with Gasteiger partial charge in [0.1, 0.15) is 11.3 Å². The molecule has 1 atom stereocenters. The molecule has 3 aromatic carbocycles. The molecule has 0 saturated heterocycles. The van der Waals surface area contributed by atoms with Gasteiger partial charge in [0.2, 0.25) is 6.23 Å². The van der Waals surface area contributed by atoms with E-state index in [0.29, 0.717) is 16.8 Å².